The molecule has 1 N–H and O–H groups in total. The van der Waals surface area contributed by atoms with Crippen LogP contribution in [0.3, 0.4) is 0 Å². The molecule has 1 saturated heterocycles. The third kappa shape index (κ3) is 3.21. The first-order valence-corrected chi connectivity index (χ1v) is 10.7. The SMILES string of the molecule is CCCNC1CCCc2nc(C3SCCSC3C)sc21. The van der Waals surface area contributed by atoms with Crippen LogP contribution >= 0.6 is 34.9 Å². The molecule has 0 amide bonds. The van der Waals surface area contributed by atoms with Crippen LogP contribution in [0.5, 0.6) is 0 Å². The molecule has 1 aromatic heterocycles. The van der Waals surface area contributed by atoms with Crippen molar-refractivity contribution >= 4 is 34.9 Å². The maximum absolute atomic E-state index is 5.03. The molecule has 0 spiro atoms. The molecular formula is C15H24N2S3. The molecule has 112 valence electrons. The predicted octanol–water partition coefficient (Wildman–Crippen LogP) is 4.43. The number of hydrogen-bond donors (Lipinski definition) is 1. The van der Waals surface area contributed by atoms with Gasteiger partial charge in [-0.2, -0.15) is 11.8 Å². The molecule has 1 fully saturated rings. The minimum atomic E-state index is 0.571. The van der Waals surface area contributed by atoms with Gasteiger partial charge in [-0.3, -0.25) is 0 Å². The van der Waals surface area contributed by atoms with E-state index in [4.69, 9.17) is 4.98 Å². The van der Waals surface area contributed by atoms with Crippen LogP contribution in [0.15, 0.2) is 0 Å². The summed E-state index contributed by atoms with van der Waals surface area (Å²) in [5.41, 5.74) is 1.40. The summed E-state index contributed by atoms with van der Waals surface area (Å²) in [6.07, 6.45) is 4.98. The third-order valence-corrected chi connectivity index (χ3v) is 8.58. The number of nitrogens with one attached hydrogen (secondary N) is 1. The first kappa shape index (κ1) is 15.2. The van der Waals surface area contributed by atoms with E-state index in [0.717, 1.165) is 6.54 Å². The van der Waals surface area contributed by atoms with Gasteiger partial charge in [0.25, 0.3) is 0 Å². The number of aryl methyl sites for hydroxylation is 1. The molecule has 20 heavy (non-hydrogen) atoms. The van der Waals surface area contributed by atoms with E-state index < -0.39 is 0 Å². The summed E-state index contributed by atoms with van der Waals surface area (Å²) in [5.74, 6) is 2.58. The summed E-state index contributed by atoms with van der Waals surface area (Å²) < 4.78 is 0. The molecule has 0 aromatic carbocycles. The van der Waals surface area contributed by atoms with E-state index in [9.17, 15) is 0 Å². The summed E-state index contributed by atoms with van der Waals surface area (Å²) in [7, 11) is 0. The van der Waals surface area contributed by atoms with Crippen LogP contribution in [-0.4, -0.2) is 28.3 Å². The molecule has 0 saturated carbocycles. The first-order valence-electron chi connectivity index (χ1n) is 7.75. The summed E-state index contributed by atoms with van der Waals surface area (Å²) >= 11 is 6.22. The van der Waals surface area contributed by atoms with Crippen LogP contribution in [0.25, 0.3) is 0 Å². The molecule has 1 aliphatic carbocycles. The number of thiazole rings is 1. The van der Waals surface area contributed by atoms with E-state index in [2.05, 4.69) is 42.7 Å². The van der Waals surface area contributed by atoms with Crippen molar-refractivity contribution in [2.75, 3.05) is 18.1 Å². The molecule has 1 aliphatic heterocycles. The highest BCUT2D eigenvalue weighted by Crippen LogP contribution is 2.46. The highest BCUT2D eigenvalue weighted by molar-refractivity contribution is 8.06. The van der Waals surface area contributed by atoms with E-state index in [1.165, 1.54) is 47.9 Å². The van der Waals surface area contributed by atoms with Gasteiger partial charge in [0.15, 0.2) is 0 Å². The second-order valence-electron chi connectivity index (χ2n) is 5.63. The minimum absolute atomic E-state index is 0.571. The quantitative estimate of drug-likeness (QED) is 0.884. The van der Waals surface area contributed by atoms with Crippen molar-refractivity contribution in [1.29, 1.82) is 0 Å². The van der Waals surface area contributed by atoms with Crippen LogP contribution in [0.4, 0.5) is 0 Å². The summed E-state index contributed by atoms with van der Waals surface area (Å²) in [6.45, 7) is 5.74. The highest BCUT2D eigenvalue weighted by atomic mass is 32.2. The van der Waals surface area contributed by atoms with Crippen molar-refractivity contribution in [3.63, 3.8) is 0 Å². The van der Waals surface area contributed by atoms with Gasteiger partial charge in [0.1, 0.15) is 5.01 Å². The lowest BCUT2D eigenvalue weighted by Crippen LogP contribution is -2.24. The van der Waals surface area contributed by atoms with E-state index in [0.29, 0.717) is 16.5 Å². The fraction of sp³-hybridized carbons (Fsp3) is 0.800. The van der Waals surface area contributed by atoms with Crippen molar-refractivity contribution in [2.45, 2.75) is 56.1 Å². The highest BCUT2D eigenvalue weighted by Gasteiger charge is 2.30. The number of fused-ring (bicyclic) bond motifs is 1. The lowest BCUT2D eigenvalue weighted by Gasteiger charge is -2.26. The molecule has 2 aliphatic rings. The van der Waals surface area contributed by atoms with Crippen LogP contribution < -0.4 is 5.32 Å². The molecule has 0 bridgehead atoms. The Labute approximate surface area is 134 Å². The number of nitrogens with zero attached hydrogens (tertiary/aromatic N) is 1. The van der Waals surface area contributed by atoms with Crippen molar-refractivity contribution in [3.8, 4) is 0 Å². The summed E-state index contributed by atoms with van der Waals surface area (Å²) in [6, 6.07) is 0.571. The zero-order chi connectivity index (χ0) is 13.9. The summed E-state index contributed by atoms with van der Waals surface area (Å²) in [5, 5.41) is 6.44. The second-order valence-corrected chi connectivity index (χ2v) is 9.43. The maximum atomic E-state index is 5.03. The van der Waals surface area contributed by atoms with Crippen LogP contribution in [-0.2, 0) is 6.42 Å². The van der Waals surface area contributed by atoms with E-state index in [1.807, 2.05) is 11.3 Å². The molecule has 3 unspecified atom stereocenters. The summed E-state index contributed by atoms with van der Waals surface area (Å²) in [4.78, 5) is 6.57. The van der Waals surface area contributed by atoms with E-state index >= 15 is 0 Å². The van der Waals surface area contributed by atoms with Gasteiger partial charge in [-0.15, -0.1) is 23.1 Å². The van der Waals surface area contributed by atoms with Gasteiger partial charge in [-0.1, -0.05) is 13.8 Å². The van der Waals surface area contributed by atoms with Crippen molar-refractivity contribution < 1.29 is 0 Å². The van der Waals surface area contributed by atoms with Gasteiger partial charge in [0.2, 0.25) is 0 Å². The maximum Gasteiger partial charge on any atom is 0.107 e. The van der Waals surface area contributed by atoms with Crippen LogP contribution in [0.2, 0.25) is 0 Å². The molecule has 3 rings (SSSR count). The second kappa shape index (κ2) is 7.03. The lowest BCUT2D eigenvalue weighted by molar-refractivity contribution is 0.464. The average Bonchev–Trinajstić information content (AvgIpc) is 2.89. The Bertz CT molecular complexity index is 446. The Morgan fingerprint density at radius 3 is 2.95 bits per heavy atom. The van der Waals surface area contributed by atoms with Gasteiger partial charge in [-0.25, -0.2) is 4.98 Å². The molecule has 5 heteroatoms. The van der Waals surface area contributed by atoms with E-state index in [1.54, 1.807) is 4.88 Å². The average molecular weight is 329 g/mol. The predicted molar refractivity (Wildman–Crippen MR) is 93.2 cm³/mol. The van der Waals surface area contributed by atoms with Crippen molar-refractivity contribution in [2.24, 2.45) is 0 Å². The number of aromatic nitrogens is 1. The number of rotatable bonds is 4. The van der Waals surface area contributed by atoms with Crippen molar-refractivity contribution in [3.05, 3.63) is 15.6 Å². The fourth-order valence-electron chi connectivity index (χ4n) is 2.98. The molecular weight excluding hydrogens is 304 g/mol. The third-order valence-electron chi connectivity index (χ3n) is 4.04. The smallest absolute Gasteiger partial charge is 0.107 e. The molecule has 2 nitrogen and oxygen atoms in total. The zero-order valence-corrected chi connectivity index (χ0v) is 14.8. The Balaban J connectivity index is 1.79. The van der Waals surface area contributed by atoms with Crippen LogP contribution in [0.1, 0.15) is 60.0 Å². The number of thioether (sulfide) groups is 2. The Kier molecular flexibility index (Phi) is 5.34. The zero-order valence-electron chi connectivity index (χ0n) is 12.4. The van der Waals surface area contributed by atoms with Gasteiger partial charge in [0.05, 0.1) is 10.9 Å². The standard InChI is InChI=1S/C15H24N2S3/c1-3-7-16-11-5-4-6-12-14(11)20-15(17-12)13-10(2)18-8-9-19-13/h10-11,13,16H,3-9H2,1-2H3. The fourth-order valence-corrected chi connectivity index (χ4v) is 7.36. The van der Waals surface area contributed by atoms with Crippen molar-refractivity contribution in [1.82, 2.24) is 10.3 Å². The molecule has 3 atom stereocenters. The Morgan fingerprint density at radius 2 is 2.15 bits per heavy atom. The normalized spacial score (nSPS) is 30.2. The number of hydrogen-bond acceptors (Lipinski definition) is 5. The Morgan fingerprint density at radius 1 is 1.30 bits per heavy atom. The topological polar surface area (TPSA) is 24.9 Å². The molecule has 1 aromatic rings. The van der Waals surface area contributed by atoms with Gasteiger partial charge in [-0.05, 0) is 32.2 Å². The van der Waals surface area contributed by atoms with Crippen LogP contribution in [0, 0.1) is 0 Å². The molecule has 2 heterocycles. The van der Waals surface area contributed by atoms with Gasteiger partial charge < -0.3 is 5.32 Å². The van der Waals surface area contributed by atoms with E-state index in [-0.39, 0.29) is 0 Å². The minimum Gasteiger partial charge on any atom is -0.309 e. The van der Waals surface area contributed by atoms with Gasteiger partial charge in [0, 0.05) is 27.7 Å². The van der Waals surface area contributed by atoms with Gasteiger partial charge >= 0.3 is 0 Å². The lowest BCUT2D eigenvalue weighted by atomic mass is 9.98. The monoisotopic (exact) mass is 328 g/mol. The first-order chi connectivity index (χ1) is 9.79. The largest absolute Gasteiger partial charge is 0.309 e. The molecule has 0 radical (unpaired) electrons. The Hall–Kier alpha value is 0.290.